The Morgan fingerprint density at radius 2 is 2.22 bits per heavy atom. The van der Waals surface area contributed by atoms with Crippen LogP contribution < -0.4 is 10.1 Å². The number of thiazole rings is 1. The van der Waals surface area contributed by atoms with Crippen LogP contribution in [-0.2, 0) is 6.54 Å². The van der Waals surface area contributed by atoms with Crippen LogP contribution in [0.3, 0.4) is 0 Å². The first-order valence-corrected chi connectivity index (χ1v) is 6.62. The fourth-order valence-corrected chi connectivity index (χ4v) is 2.13. The maximum absolute atomic E-state index is 5.79. The van der Waals surface area contributed by atoms with Crippen molar-refractivity contribution in [3.8, 4) is 6.01 Å². The van der Waals surface area contributed by atoms with E-state index in [2.05, 4.69) is 25.3 Å². The molecule has 2 heterocycles. The number of nitrogens with zero attached hydrogens (tertiary/aromatic N) is 4. The number of anilines is 1. The number of rotatable bonds is 5. The fraction of sp³-hybridized carbons (Fsp3) is 0.400. The summed E-state index contributed by atoms with van der Waals surface area (Å²) in [6.07, 6.45) is 0. The van der Waals surface area contributed by atoms with Crippen LogP contribution in [0, 0.1) is 6.92 Å². The smallest absolute Gasteiger partial charge is 0.322 e. The van der Waals surface area contributed by atoms with Crippen LogP contribution in [0.5, 0.6) is 6.01 Å². The Morgan fingerprint density at radius 3 is 2.89 bits per heavy atom. The van der Waals surface area contributed by atoms with Gasteiger partial charge in [-0.3, -0.25) is 0 Å². The summed E-state index contributed by atoms with van der Waals surface area (Å²) in [6.45, 7) is 4.89. The van der Waals surface area contributed by atoms with Gasteiger partial charge in [-0.05, 0) is 25.4 Å². The second-order valence-corrected chi connectivity index (χ2v) is 4.64. The molecule has 0 aromatic carbocycles. The summed E-state index contributed by atoms with van der Waals surface area (Å²) in [5, 5.41) is 3.18. The molecular weight excluding hydrogens is 274 g/mol. The quantitative estimate of drug-likeness (QED) is 0.909. The van der Waals surface area contributed by atoms with Gasteiger partial charge >= 0.3 is 6.01 Å². The third kappa shape index (κ3) is 3.27. The van der Waals surface area contributed by atoms with Crippen LogP contribution in [0.2, 0.25) is 5.28 Å². The van der Waals surface area contributed by atoms with E-state index in [-0.39, 0.29) is 11.3 Å². The second kappa shape index (κ2) is 5.92. The summed E-state index contributed by atoms with van der Waals surface area (Å²) in [6, 6.07) is 0.223. The summed E-state index contributed by atoms with van der Waals surface area (Å²) >= 11 is 7.36. The van der Waals surface area contributed by atoms with Gasteiger partial charge in [0.25, 0.3) is 0 Å². The molecule has 0 radical (unpaired) electrons. The van der Waals surface area contributed by atoms with Gasteiger partial charge in [0.1, 0.15) is 0 Å². The predicted octanol–water partition coefficient (Wildman–Crippen LogP) is 2.30. The lowest BCUT2D eigenvalue weighted by molar-refractivity contribution is 0.312. The zero-order chi connectivity index (χ0) is 13.0. The molecule has 2 aromatic heterocycles. The number of hydrogen-bond acceptors (Lipinski definition) is 7. The average Bonchev–Trinajstić information content (AvgIpc) is 2.72. The molecule has 6 nitrogen and oxygen atoms in total. The van der Waals surface area contributed by atoms with Gasteiger partial charge in [0, 0.05) is 4.88 Å². The molecule has 2 rings (SSSR count). The van der Waals surface area contributed by atoms with E-state index in [4.69, 9.17) is 16.3 Å². The van der Waals surface area contributed by atoms with Crippen LogP contribution in [-0.4, -0.2) is 26.5 Å². The number of halogens is 1. The minimum absolute atomic E-state index is 0.108. The van der Waals surface area contributed by atoms with Crippen LogP contribution in [0.25, 0.3) is 0 Å². The molecule has 0 aliphatic rings. The summed E-state index contributed by atoms with van der Waals surface area (Å²) in [5.74, 6) is 0.395. The molecule has 0 amide bonds. The molecule has 0 saturated carbocycles. The van der Waals surface area contributed by atoms with Gasteiger partial charge < -0.3 is 10.1 Å². The highest BCUT2D eigenvalue weighted by atomic mass is 35.5. The maximum atomic E-state index is 5.79. The zero-order valence-electron chi connectivity index (χ0n) is 9.97. The number of aromatic nitrogens is 4. The summed E-state index contributed by atoms with van der Waals surface area (Å²) < 4.78 is 5.19. The van der Waals surface area contributed by atoms with Crippen molar-refractivity contribution in [2.24, 2.45) is 0 Å². The van der Waals surface area contributed by atoms with Crippen molar-refractivity contribution >= 4 is 28.9 Å². The van der Waals surface area contributed by atoms with Crippen LogP contribution >= 0.6 is 22.9 Å². The lowest BCUT2D eigenvalue weighted by Crippen LogP contribution is -2.07. The molecule has 0 fully saturated rings. The Balaban J connectivity index is 2.07. The minimum Gasteiger partial charge on any atom is -0.464 e. The Kier molecular flexibility index (Phi) is 4.27. The average molecular weight is 286 g/mol. The van der Waals surface area contributed by atoms with E-state index >= 15 is 0 Å². The largest absolute Gasteiger partial charge is 0.464 e. The standard InChI is InChI=1S/C10H12ClN5OS/c1-3-17-10-15-8(11)14-9(16-10)12-4-7-6(2)13-5-18-7/h5H,3-4H2,1-2H3,(H,12,14,15,16). The van der Waals surface area contributed by atoms with E-state index in [1.54, 1.807) is 16.8 Å². The van der Waals surface area contributed by atoms with E-state index in [0.717, 1.165) is 10.6 Å². The van der Waals surface area contributed by atoms with Crippen LogP contribution in [0.4, 0.5) is 5.95 Å². The van der Waals surface area contributed by atoms with Crippen molar-refractivity contribution < 1.29 is 4.74 Å². The molecule has 2 aromatic rings. The molecular formula is C10H12ClN5OS. The van der Waals surface area contributed by atoms with E-state index in [9.17, 15) is 0 Å². The Hall–Kier alpha value is -1.47. The first-order valence-electron chi connectivity index (χ1n) is 5.36. The lowest BCUT2D eigenvalue weighted by Gasteiger charge is -2.06. The number of nitrogens with one attached hydrogen (secondary N) is 1. The molecule has 96 valence electrons. The molecule has 0 saturated heterocycles. The van der Waals surface area contributed by atoms with Gasteiger partial charge in [0.2, 0.25) is 11.2 Å². The van der Waals surface area contributed by atoms with Crippen LogP contribution in [0.1, 0.15) is 17.5 Å². The van der Waals surface area contributed by atoms with Gasteiger partial charge in [0.15, 0.2) is 0 Å². The monoisotopic (exact) mass is 285 g/mol. The van der Waals surface area contributed by atoms with Crippen LogP contribution in [0.15, 0.2) is 5.51 Å². The van der Waals surface area contributed by atoms with Crippen molar-refractivity contribution in [1.82, 2.24) is 19.9 Å². The molecule has 0 atom stereocenters. The van der Waals surface area contributed by atoms with Crippen molar-refractivity contribution in [3.63, 3.8) is 0 Å². The predicted molar refractivity (Wildman–Crippen MR) is 70.2 cm³/mol. The van der Waals surface area contributed by atoms with Gasteiger partial charge in [0.05, 0.1) is 24.4 Å². The van der Waals surface area contributed by atoms with Gasteiger partial charge in [-0.25, -0.2) is 4.98 Å². The van der Waals surface area contributed by atoms with E-state index in [1.807, 2.05) is 13.8 Å². The molecule has 0 bridgehead atoms. The first kappa shape index (κ1) is 13.0. The minimum atomic E-state index is 0.108. The van der Waals surface area contributed by atoms with E-state index < -0.39 is 0 Å². The molecule has 0 aliphatic carbocycles. The molecule has 0 unspecified atom stereocenters. The van der Waals surface area contributed by atoms with Gasteiger partial charge in [-0.15, -0.1) is 11.3 Å². The molecule has 8 heteroatoms. The third-order valence-corrected chi connectivity index (χ3v) is 3.22. The number of aryl methyl sites for hydroxylation is 1. The highest BCUT2D eigenvalue weighted by molar-refractivity contribution is 7.09. The van der Waals surface area contributed by atoms with E-state index in [1.165, 1.54) is 0 Å². The third-order valence-electron chi connectivity index (χ3n) is 2.11. The van der Waals surface area contributed by atoms with Crippen molar-refractivity contribution in [1.29, 1.82) is 0 Å². The topological polar surface area (TPSA) is 72.8 Å². The first-order chi connectivity index (χ1) is 8.69. The normalized spacial score (nSPS) is 10.4. The zero-order valence-corrected chi connectivity index (χ0v) is 11.5. The molecule has 0 spiro atoms. The Morgan fingerprint density at radius 1 is 1.39 bits per heavy atom. The molecule has 0 aliphatic heterocycles. The summed E-state index contributed by atoms with van der Waals surface area (Å²) in [7, 11) is 0. The van der Waals surface area contributed by atoms with Crippen molar-refractivity contribution in [2.75, 3.05) is 11.9 Å². The molecule has 1 N–H and O–H groups in total. The maximum Gasteiger partial charge on any atom is 0.322 e. The van der Waals surface area contributed by atoms with Gasteiger partial charge in [-0.2, -0.15) is 15.0 Å². The summed E-state index contributed by atoms with van der Waals surface area (Å²) in [5.41, 5.74) is 2.80. The van der Waals surface area contributed by atoms with Crippen molar-refractivity contribution in [3.05, 3.63) is 21.4 Å². The Labute approximate surface area is 113 Å². The Bertz CT molecular complexity index is 533. The SMILES string of the molecule is CCOc1nc(Cl)nc(NCc2scnc2C)n1. The molecule has 18 heavy (non-hydrogen) atoms. The second-order valence-electron chi connectivity index (χ2n) is 3.36. The number of ether oxygens (including phenoxy) is 1. The van der Waals surface area contributed by atoms with Gasteiger partial charge in [-0.1, -0.05) is 0 Å². The highest BCUT2D eigenvalue weighted by Crippen LogP contribution is 2.15. The highest BCUT2D eigenvalue weighted by Gasteiger charge is 2.07. The number of hydrogen-bond donors (Lipinski definition) is 1. The fourth-order valence-electron chi connectivity index (χ4n) is 1.26. The van der Waals surface area contributed by atoms with Crippen molar-refractivity contribution in [2.45, 2.75) is 20.4 Å². The van der Waals surface area contributed by atoms with E-state index in [0.29, 0.717) is 19.1 Å². The lowest BCUT2D eigenvalue weighted by atomic mass is 10.4. The summed E-state index contributed by atoms with van der Waals surface area (Å²) in [4.78, 5) is 17.2.